The summed E-state index contributed by atoms with van der Waals surface area (Å²) in [5.74, 6) is 0.146. The molecule has 0 radical (unpaired) electrons. The van der Waals surface area contributed by atoms with E-state index in [-0.39, 0.29) is 18.2 Å². The second-order valence-electron chi connectivity index (χ2n) is 5.39. The van der Waals surface area contributed by atoms with Crippen LogP contribution in [0.3, 0.4) is 0 Å². The molecule has 0 fully saturated rings. The molecule has 0 atom stereocenters. The van der Waals surface area contributed by atoms with Crippen molar-refractivity contribution in [1.29, 1.82) is 0 Å². The Morgan fingerprint density at radius 2 is 1.62 bits per heavy atom. The number of halogens is 2. The molecule has 1 N–H and O–H groups in total. The van der Waals surface area contributed by atoms with Gasteiger partial charge in [-0.25, -0.2) is 8.78 Å². The van der Waals surface area contributed by atoms with Crippen LogP contribution in [0.15, 0.2) is 72.8 Å². The fourth-order valence-electron chi connectivity index (χ4n) is 2.29. The number of hydrogen-bond acceptors (Lipinski definition) is 2. The van der Waals surface area contributed by atoms with Crippen molar-refractivity contribution in [1.82, 2.24) is 0 Å². The number of anilines is 1. The lowest BCUT2D eigenvalue weighted by Gasteiger charge is -2.10. The summed E-state index contributed by atoms with van der Waals surface area (Å²) in [5, 5.41) is 3.22. The van der Waals surface area contributed by atoms with Crippen LogP contribution < -0.4 is 10.1 Å². The molecule has 3 aromatic rings. The quantitative estimate of drug-likeness (QED) is 0.676. The Morgan fingerprint density at radius 3 is 2.42 bits per heavy atom. The van der Waals surface area contributed by atoms with Gasteiger partial charge in [-0.3, -0.25) is 0 Å². The van der Waals surface area contributed by atoms with Crippen molar-refractivity contribution in [3.63, 3.8) is 0 Å². The number of rotatable bonds is 6. The predicted molar refractivity (Wildman–Crippen MR) is 90.9 cm³/mol. The fourth-order valence-corrected chi connectivity index (χ4v) is 2.29. The SMILES string of the molecule is Fc1ccc(NCc2cccc(OCc3ccccc3F)c2)cc1. The van der Waals surface area contributed by atoms with Gasteiger partial charge in [0.15, 0.2) is 0 Å². The average molecular weight is 325 g/mol. The highest BCUT2D eigenvalue weighted by atomic mass is 19.1. The Labute approximate surface area is 139 Å². The molecule has 0 spiro atoms. The molecule has 0 aromatic heterocycles. The van der Waals surface area contributed by atoms with E-state index in [0.717, 1.165) is 11.3 Å². The van der Waals surface area contributed by atoms with Gasteiger partial charge in [0.05, 0.1) is 0 Å². The van der Waals surface area contributed by atoms with Crippen molar-refractivity contribution in [2.24, 2.45) is 0 Å². The van der Waals surface area contributed by atoms with E-state index < -0.39 is 0 Å². The van der Waals surface area contributed by atoms with Crippen molar-refractivity contribution >= 4 is 5.69 Å². The van der Waals surface area contributed by atoms with Crippen LogP contribution in [-0.2, 0) is 13.2 Å². The molecule has 0 aliphatic rings. The van der Waals surface area contributed by atoms with Crippen LogP contribution in [0.4, 0.5) is 14.5 Å². The van der Waals surface area contributed by atoms with Gasteiger partial charge in [-0.2, -0.15) is 0 Å². The molecule has 24 heavy (non-hydrogen) atoms. The van der Waals surface area contributed by atoms with E-state index in [1.54, 1.807) is 30.3 Å². The Balaban J connectivity index is 1.59. The van der Waals surface area contributed by atoms with Gasteiger partial charge in [-0.1, -0.05) is 30.3 Å². The predicted octanol–water partition coefficient (Wildman–Crippen LogP) is 5.16. The molecule has 0 saturated carbocycles. The molecule has 2 nitrogen and oxygen atoms in total. The largest absolute Gasteiger partial charge is 0.489 e. The lowest BCUT2D eigenvalue weighted by molar-refractivity contribution is 0.299. The van der Waals surface area contributed by atoms with Gasteiger partial charge in [0.1, 0.15) is 24.0 Å². The first-order valence-corrected chi connectivity index (χ1v) is 7.65. The summed E-state index contributed by atoms with van der Waals surface area (Å²) < 4.78 is 32.1. The van der Waals surface area contributed by atoms with Crippen LogP contribution >= 0.6 is 0 Å². The smallest absolute Gasteiger partial charge is 0.129 e. The zero-order valence-corrected chi connectivity index (χ0v) is 13.0. The van der Waals surface area contributed by atoms with E-state index in [0.29, 0.717) is 17.9 Å². The zero-order chi connectivity index (χ0) is 16.8. The van der Waals surface area contributed by atoms with E-state index in [1.807, 2.05) is 24.3 Å². The van der Waals surface area contributed by atoms with Gasteiger partial charge >= 0.3 is 0 Å². The average Bonchev–Trinajstić information content (AvgIpc) is 2.61. The molecule has 3 rings (SSSR count). The maximum Gasteiger partial charge on any atom is 0.129 e. The first-order valence-electron chi connectivity index (χ1n) is 7.65. The van der Waals surface area contributed by atoms with E-state index in [4.69, 9.17) is 4.74 Å². The Morgan fingerprint density at radius 1 is 0.833 bits per heavy atom. The van der Waals surface area contributed by atoms with E-state index in [2.05, 4.69) is 5.32 Å². The molecule has 0 aliphatic carbocycles. The van der Waals surface area contributed by atoms with E-state index >= 15 is 0 Å². The molecule has 0 bridgehead atoms. The minimum absolute atomic E-state index is 0.182. The summed E-state index contributed by atoms with van der Waals surface area (Å²) in [5.41, 5.74) is 2.38. The summed E-state index contributed by atoms with van der Waals surface area (Å²) in [6.07, 6.45) is 0. The Hall–Kier alpha value is -2.88. The summed E-state index contributed by atoms with van der Waals surface area (Å²) >= 11 is 0. The Kier molecular flexibility index (Phi) is 5.06. The molecule has 0 heterocycles. The lowest BCUT2D eigenvalue weighted by Crippen LogP contribution is -2.01. The monoisotopic (exact) mass is 325 g/mol. The molecule has 0 amide bonds. The van der Waals surface area contributed by atoms with Gasteiger partial charge in [-0.15, -0.1) is 0 Å². The van der Waals surface area contributed by atoms with Crippen molar-refractivity contribution in [3.05, 3.63) is 95.6 Å². The second kappa shape index (κ2) is 7.59. The van der Waals surface area contributed by atoms with Crippen LogP contribution in [0.5, 0.6) is 5.75 Å². The first-order chi connectivity index (χ1) is 11.7. The number of ether oxygens (including phenoxy) is 1. The highest BCUT2D eigenvalue weighted by Crippen LogP contribution is 2.18. The van der Waals surface area contributed by atoms with Gasteiger partial charge in [0.2, 0.25) is 0 Å². The van der Waals surface area contributed by atoms with Gasteiger partial charge in [0.25, 0.3) is 0 Å². The highest BCUT2D eigenvalue weighted by molar-refractivity contribution is 5.44. The zero-order valence-electron chi connectivity index (χ0n) is 13.0. The Bertz CT molecular complexity index is 803. The summed E-state index contributed by atoms with van der Waals surface area (Å²) in [4.78, 5) is 0. The van der Waals surface area contributed by atoms with E-state index in [1.165, 1.54) is 18.2 Å². The summed E-state index contributed by atoms with van der Waals surface area (Å²) in [6.45, 7) is 0.768. The third-order valence-electron chi connectivity index (χ3n) is 3.59. The van der Waals surface area contributed by atoms with Crippen LogP contribution in [0.2, 0.25) is 0 Å². The molecule has 4 heteroatoms. The molecule has 0 saturated heterocycles. The fraction of sp³-hybridized carbons (Fsp3) is 0.100. The number of hydrogen-bond donors (Lipinski definition) is 1. The molecule has 0 aliphatic heterocycles. The van der Waals surface area contributed by atoms with Crippen molar-refractivity contribution in [2.75, 3.05) is 5.32 Å². The maximum absolute atomic E-state index is 13.6. The molecular formula is C20H17F2NO. The van der Waals surface area contributed by atoms with Crippen LogP contribution in [0, 0.1) is 11.6 Å². The minimum atomic E-state index is -0.272. The first kappa shape index (κ1) is 16.0. The molecule has 3 aromatic carbocycles. The highest BCUT2D eigenvalue weighted by Gasteiger charge is 2.03. The van der Waals surface area contributed by atoms with Gasteiger partial charge in [0, 0.05) is 17.8 Å². The molecular weight excluding hydrogens is 308 g/mol. The summed E-state index contributed by atoms with van der Waals surface area (Å²) in [6, 6.07) is 20.3. The lowest BCUT2D eigenvalue weighted by atomic mass is 10.2. The van der Waals surface area contributed by atoms with Crippen molar-refractivity contribution in [3.8, 4) is 5.75 Å². The standard InChI is InChI=1S/C20H17F2NO/c21-17-8-10-18(11-9-17)23-13-15-4-3-6-19(12-15)24-14-16-5-1-2-7-20(16)22/h1-12,23H,13-14H2. The van der Waals surface area contributed by atoms with E-state index in [9.17, 15) is 8.78 Å². The van der Waals surface area contributed by atoms with Crippen molar-refractivity contribution < 1.29 is 13.5 Å². The topological polar surface area (TPSA) is 21.3 Å². The van der Waals surface area contributed by atoms with Gasteiger partial charge < -0.3 is 10.1 Å². The third-order valence-corrected chi connectivity index (χ3v) is 3.59. The second-order valence-corrected chi connectivity index (χ2v) is 5.39. The third kappa shape index (κ3) is 4.32. The van der Waals surface area contributed by atoms with Gasteiger partial charge in [-0.05, 0) is 48.0 Å². The van der Waals surface area contributed by atoms with Crippen LogP contribution in [0.25, 0.3) is 0 Å². The maximum atomic E-state index is 13.6. The molecule has 0 unspecified atom stereocenters. The van der Waals surface area contributed by atoms with Crippen LogP contribution in [0.1, 0.15) is 11.1 Å². The molecule has 122 valence electrons. The summed E-state index contributed by atoms with van der Waals surface area (Å²) in [7, 11) is 0. The number of nitrogens with one attached hydrogen (secondary N) is 1. The van der Waals surface area contributed by atoms with Crippen molar-refractivity contribution in [2.45, 2.75) is 13.2 Å². The minimum Gasteiger partial charge on any atom is -0.489 e. The normalized spacial score (nSPS) is 10.4. The number of benzene rings is 3. The van der Waals surface area contributed by atoms with Crippen LogP contribution in [-0.4, -0.2) is 0 Å².